The summed E-state index contributed by atoms with van der Waals surface area (Å²) in [5.41, 5.74) is 0.283. The van der Waals surface area contributed by atoms with Crippen LogP contribution in [-0.4, -0.2) is 72.6 Å². The Morgan fingerprint density at radius 1 is 1.33 bits per heavy atom. The highest BCUT2D eigenvalue weighted by Crippen LogP contribution is 2.17. The smallest absolute Gasteiger partial charge is 0.430 e. The van der Waals surface area contributed by atoms with Crippen LogP contribution in [-0.2, 0) is 9.47 Å². The first-order valence-corrected chi connectivity index (χ1v) is 7.69. The first kappa shape index (κ1) is 16.3. The molecule has 9 heteroatoms. The molecule has 0 bridgehead atoms. The Morgan fingerprint density at radius 3 is 2.83 bits per heavy atom. The van der Waals surface area contributed by atoms with Crippen LogP contribution in [0.1, 0.15) is 5.56 Å². The number of ether oxygens (including phenoxy) is 2. The fourth-order valence-electron chi connectivity index (χ4n) is 2.66. The van der Waals surface area contributed by atoms with Crippen LogP contribution >= 0.6 is 0 Å². The average molecular weight is 334 g/mol. The minimum absolute atomic E-state index is 0.0568. The molecule has 1 unspecified atom stereocenters. The molecule has 0 saturated carbocycles. The number of cyclic esters (lactones) is 1. The quantitative estimate of drug-likeness (QED) is 0.454. The Hall–Kier alpha value is -2.52. The van der Waals surface area contributed by atoms with Gasteiger partial charge in [-0.1, -0.05) is 12.1 Å². The number of hydrogen-bond donors (Lipinski definition) is 0. The zero-order chi connectivity index (χ0) is 16.9. The van der Waals surface area contributed by atoms with Gasteiger partial charge in [-0.05, 0) is 6.07 Å². The van der Waals surface area contributed by atoms with E-state index >= 15 is 0 Å². The molecule has 0 radical (unpaired) electrons. The number of rotatable bonds is 5. The molecule has 0 spiro atoms. The fourth-order valence-corrected chi connectivity index (χ4v) is 2.66. The normalized spacial score (nSPS) is 22.1. The molecule has 1 amide bonds. The van der Waals surface area contributed by atoms with Gasteiger partial charge in [0, 0.05) is 25.7 Å². The summed E-state index contributed by atoms with van der Waals surface area (Å²) in [7, 11) is 0. The molecule has 1 aromatic rings. The Labute approximate surface area is 138 Å². The van der Waals surface area contributed by atoms with Crippen molar-refractivity contribution in [2.75, 3.05) is 39.4 Å². The number of amides is 1. The summed E-state index contributed by atoms with van der Waals surface area (Å²) in [5, 5.41) is 16.2. The molecule has 1 atom stereocenters. The standard InChI is InChI=1S/C15H18N4O5/c20-15-18(11-13(24-15)10-17-5-7-23-8-6-17)16-9-12-3-1-2-4-14(12)19(21)22/h1-4,9,13H,5-8,10-11H2. The van der Waals surface area contributed by atoms with Gasteiger partial charge in [-0.25, -0.2) is 4.79 Å². The number of para-hydroxylation sites is 1. The minimum atomic E-state index is -0.539. The molecule has 1 aromatic carbocycles. The number of carbonyl (C=O) groups is 1. The van der Waals surface area contributed by atoms with Crippen LogP contribution in [0.2, 0.25) is 0 Å². The number of morpholine rings is 1. The van der Waals surface area contributed by atoms with Crippen molar-refractivity contribution in [3.63, 3.8) is 0 Å². The summed E-state index contributed by atoms with van der Waals surface area (Å²) < 4.78 is 10.6. The minimum Gasteiger partial charge on any atom is -0.441 e. The van der Waals surface area contributed by atoms with E-state index in [1.165, 1.54) is 17.3 Å². The van der Waals surface area contributed by atoms with Gasteiger partial charge in [-0.15, -0.1) is 0 Å². The van der Waals surface area contributed by atoms with Crippen molar-refractivity contribution < 1.29 is 19.2 Å². The SMILES string of the molecule is O=C1OC(CN2CCOCC2)CN1N=Cc1ccccc1[N+](=O)[O-]. The summed E-state index contributed by atoms with van der Waals surface area (Å²) in [4.78, 5) is 24.6. The summed E-state index contributed by atoms with van der Waals surface area (Å²) >= 11 is 0. The van der Waals surface area contributed by atoms with Gasteiger partial charge in [-0.3, -0.25) is 15.0 Å². The monoisotopic (exact) mass is 334 g/mol. The van der Waals surface area contributed by atoms with E-state index in [1.54, 1.807) is 18.2 Å². The van der Waals surface area contributed by atoms with Crippen LogP contribution in [0.15, 0.2) is 29.4 Å². The second kappa shape index (κ2) is 7.37. The van der Waals surface area contributed by atoms with E-state index < -0.39 is 11.0 Å². The van der Waals surface area contributed by atoms with Crippen molar-refractivity contribution in [1.29, 1.82) is 0 Å². The lowest BCUT2D eigenvalue weighted by Crippen LogP contribution is -2.41. The highest BCUT2D eigenvalue weighted by Gasteiger charge is 2.32. The molecular formula is C15H18N4O5. The molecule has 128 valence electrons. The summed E-state index contributed by atoms with van der Waals surface area (Å²) in [6.07, 6.45) is 0.512. The van der Waals surface area contributed by atoms with E-state index in [-0.39, 0.29) is 11.8 Å². The van der Waals surface area contributed by atoms with Crippen molar-refractivity contribution in [2.45, 2.75) is 6.10 Å². The predicted octanol–water partition coefficient (Wildman–Crippen LogP) is 1.08. The zero-order valence-corrected chi connectivity index (χ0v) is 13.0. The maximum absolute atomic E-state index is 11.9. The average Bonchev–Trinajstić information content (AvgIpc) is 2.93. The Kier molecular flexibility index (Phi) is 5.02. The van der Waals surface area contributed by atoms with Crippen LogP contribution in [0.25, 0.3) is 0 Å². The van der Waals surface area contributed by atoms with Gasteiger partial charge in [0.2, 0.25) is 0 Å². The fraction of sp³-hybridized carbons (Fsp3) is 0.467. The molecule has 0 aliphatic carbocycles. The first-order chi connectivity index (χ1) is 11.6. The maximum atomic E-state index is 11.9. The van der Waals surface area contributed by atoms with E-state index in [0.29, 0.717) is 31.9 Å². The van der Waals surface area contributed by atoms with Gasteiger partial charge in [0.15, 0.2) is 0 Å². The Bertz CT molecular complexity index is 645. The van der Waals surface area contributed by atoms with Crippen molar-refractivity contribution in [3.05, 3.63) is 39.9 Å². The van der Waals surface area contributed by atoms with Crippen molar-refractivity contribution >= 4 is 18.0 Å². The molecule has 3 rings (SSSR count). The third kappa shape index (κ3) is 3.87. The number of hydrogen-bond acceptors (Lipinski definition) is 7. The highest BCUT2D eigenvalue weighted by atomic mass is 16.6. The van der Waals surface area contributed by atoms with Crippen molar-refractivity contribution in [2.24, 2.45) is 5.10 Å². The number of benzene rings is 1. The van der Waals surface area contributed by atoms with Gasteiger partial charge < -0.3 is 9.47 Å². The van der Waals surface area contributed by atoms with Crippen molar-refractivity contribution in [3.8, 4) is 0 Å². The molecule has 2 saturated heterocycles. The van der Waals surface area contributed by atoms with E-state index in [9.17, 15) is 14.9 Å². The second-order valence-corrected chi connectivity index (χ2v) is 5.56. The van der Waals surface area contributed by atoms with E-state index in [1.807, 2.05) is 0 Å². The lowest BCUT2D eigenvalue weighted by molar-refractivity contribution is -0.385. The van der Waals surface area contributed by atoms with Crippen molar-refractivity contribution in [1.82, 2.24) is 9.91 Å². The molecular weight excluding hydrogens is 316 g/mol. The van der Waals surface area contributed by atoms with Gasteiger partial charge in [0.25, 0.3) is 5.69 Å². The summed E-state index contributed by atoms with van der Waals surface area (Å²) in [6.45, 7) is 3.95. The van der Waals surface area contributed by atoms with Gasteiger partial charge in [-0.2, -0.15) is 10.1 Å². The van der Waals surface area contributed by atoms with Crippen LogP contribution in [0.4, 0.5) is 10.5 Å². The number of nitro benzene ring substituents is 1. The second-order valence-electron chi connectivity index (χ2n) is 5.56. The van der Waals surface area contributed by atoms with E-state index in [0.717, 1.165) is 13.1 Å². The third-order valence-corrected chi connectivity index (χ3v) is 3.89. The lowest BCUT2D eigenvalue weighted by atomic mass is 10.2. The van der Waals surface area contributed by atoms with Crippen LogP contribution < -0.4 is 0 Å². The number of hydrazone groups is 1. The molecule has 9 nitrogen and oxygen atoms in total. The molecule has 2 heterocycles. The highest BCUT2D eigenvalue weighted by molar-refractivity contribution is 5.86. The number of nitro groups is 1. The molecule has 2 aliphatic heterocycles. The topological polar surface area (TPSA) is 97.5 Å². The van der Waals surface area contributed by atoms with Gasteiger partial charge in [0.05, 0.1) is 36.5 Å². The molecule has 2 aliphatic rings. The maximum Gasteiger partial charge on any atom is 0.430 e. The van der Waals surface area contributed by atoms with Crippen LogP contribution in [0, 0.1) is 10.1 Å². The summed E-state index contributed by atoms with van der Waals surface area (Å²) in [6, 6.07) is 6.23. The van der Waals surface area contributed by atoms with E-state index in [4.69, 9.17) is 9.47 Å². The zero-order valence-electron chi connectivity index (χ0n) is 13.0. The number of carbonyl (C=O) groups excluding carboxylic acids is 1. The van der Waals surface area contributed by atoms with E-state index in [2.05, 4.69) is 10.0 Å². The molecule has 24 heavy (non-hydrogen) atoms. The molecule has 2 fully saturated rings. The molecule has 0 N–H and O–H groups in total. The predicted molar refractivity (Wildman–Crippen MR) is 84.9 cm³/mol. The Morgan fingerprint density at radius 2 is 2.08 bits per heavy atom. The van der Waals surface area contributed by atoms with Crippen LogP contribution in [0.3, 0.4) is 0 Å². The lowest BCUT2D eigenvalue weighted by Gasteiger charge is -2.27. The largest absolute Gasteiger partial charge is 0.441 e. The Balaban J connectivity index is 1.61. The van der Waals surface area contributed by atoms with Crippen LogP contribution in [0.5, 0.6) is 0 Å². The first-order valence-electron chi connectivity index (χ1n) is 7.69. The van der Waals surface area contributed by atoms with Gasteiger partial charge in [0.1, 0.15) is 6.10 Å². The molecule has 0 aromatic heterocycles. The number of nitrogens with zero attached hydrogens (tertiary/aromatic N) is 4. The van der Waals surface area contributed by atoms with Gasteiger partial charge >= 0.3 is 6.09 Å². The third-order valence-electron chi connectivity index (χ3n) is 3.89. The summed E-state index contributed by atoms with van der Waals surface area (Å²) in [5.74, 6) is 0.